The number of nitrogens with one attached hydrogen (secondary N) is 1. The van der Waals surface area contributed by atoms with Gasteiger partial charge >= 0.3 is 5.97 Å². The van der Waals surface area contributed by atoms with Gasteiger partial charge in [-0.25, -0.2) is 14.5 Å². The van der Waals surface area contributed by atoms with E-state index < -0.39 is 18.5 Å². The molecule has 0 atom stereocenters. The Balaban J connectivity index is 1.45. The second-order valence-electron chi connectivity index (χ2n) is 6.78. The van der Waals surface area contributed by atoms with Crippen LogP contribution in [0.5, 0.6) is 0 Å². The standard InChI is InChI=1S/C22H18N4O4S/c1-13-23-18(12-31-13)14-6-5-7-15(10-14)24-19(27)11-30-22(29)20-16-8-3-4-9-17(16)21(28)26(2)25-20/h3-10,12H,11H2,1-2H3,(H,24,27). The minimum absolute atomic E-state index is 0.0219. The Labute approximate surface area is 181 Å². The monoisotopic (exact) mass is 434 g/mol. The molecule has 2 aromatic carbocycles. The third-order valence-electron chi connectivity index (χ3n) is 4.55. The number of hydrogen-bond acceptors (Lipinski definition) is 7. The topological polar surface area (TPSA) is 103 Å². The van der Waals surface area contributed by atoms with Crippen molar-refractivity contribution in [3.8, 4) is 11.3 Å². The number of carbonyl (C=O) groups excluding carboxylic acids is 2. The Hall–Kier alpha value is -3.85. The largest absolute Gasteiger partial charge is 0.451 e. The number of esters is 1. The van der Waals surface area contributed by atoms with Crippen LogP contribution in [0.15, 0.2) is 58.7 Å². The normalized spacial score (nSPS) is 10.8. The average Bonchev–Trinajstić information content (AvgIpc) is 3.21. The number of benzene rings is 2. The fourth-order valence-electron chi connectivity index (χ4n) is 3.10. The highest BCUT2D eigenvalue weighted by atomic mass is 32.1. The summed E-state index contributed by atoms with van der Waals surface area (Å²) in [5.74, 6) is -1.28. The summed E-state index contributed by atoms with van der Waals surface area (Å²) < 4.78 is 6.22. The van der Waals surface area contributed by atoms with E-state index >= 15 is 0 Å². The summed E-state index contributed by atoms with van der Waals surface area (Å²) in [4.78, 5) is 41.5. The van der Waals surface area contributed by atoms with Crippen molar-refractivity contribution in [2.45, 2.75) is 6.92 Å². The highest BCUT2D eigenvalue weighted by Gasteiger charge is 2.18. The smallest absolute Gasteiger partial charge is 0.359 e. The lowest BCUT2D eigenvalue weighted by Crippen LogP contribution is -2.26. The van der Waals surface area contributed by atoms with E-state index in [0.29, 0.717) is 16.5 Å². The van der Waals surface area contributed by atoms with Gasteiger partial charge in [0.2, 0.25) is 0 Å². The Morgan fingerprint density at radius 1 is 1.13 bits per heavy atom. The Morgan fingerprint density at radius 2 is 1.90 bits per heavy atom. The van der Waals surface area contributed by atoms with Crippen molar-refractivity contribution in [1.29, 1.82) is 0 Å². The summed E-state index contributed by atoms with van der Waals surface area (Å²) in [6.45, 7) is 1.44. The third-order valence-corrected chi connectivity index (χ3v) is 5.32. The number of fused-ring (bicyclic) bond motifs is 1. The fraction of sp³-hybridized carbons (Fsp3) is 0.136. The first-order valence-electron chi connectivity index (χ1n) is 9.38. The minimum atomic E-state index is -0.784. The van der Waals surface area contributed by atoms with Crippen molar-refractivity contribution in [3.63, 3.8) is 0 Å². The van der Waals surface area contributed by atoms with Crippen molar-refractivity contribution in [3.05, 3.63) is 75.0 Å². The van der Waals surface area contributed by atoms with E-state index in [9.17, 15) is 14.4 Å². The lowest BCUT2D eigenvalue weighted by atomic mass is 10.1. The number of thiazole rings is 1. The lowest BCUT2D eigenvalue weighted by Gasteiger charge is -2.09. The zero-order valence-corrected chi connectivity index (χ0v) is 17.6. The summed E-state index contributed by atoms with van der Waals surface area (Å²) in [7, 11) is 1.45. The first kappa shape index (κ1) is 20.4. The molecule has 0 radical (unpaired) electrons. The highest BCUT2D eigenvalue weighted by molar-refractivity contribution is 7.09. The number of aryl methyl sites for hydroxylation is 2. The van der Waals surface area contributed by atoms with Gasteiger partial charge in [0, 0.05) is 29.1 Å². The van der Waals surface area contributed by atoms with E-state index in [1.54, 1.807) is 47.7 Å². The number of carbonyl (C=O) groups is 2. The van der Waals surface area contributed by atoms with E-state index in [0.717, 1.165) is 20.9 Å². The maximum absolute atomic E-state index is 12.5. The molecule has 156 valence electrons. The van der Waals surface area contributed by atoms with Crippen LogP contribution >= 0.6 is 11.3 Å². The second kappa shape index (κ2) is 8.49. The fourth-order valence-corrected chi connectivity index (χ4v) is 3.72. The molecule has 2 heterocycles. The molecule has 4 rings (SSSR count). The van der Waals surface area contributed by atoms with Crippen LogP contribution in [0.1, 0.15) is 15.5 Å². The van der Waals surface area contributed by atoms with Crippen LogP contribution in [-0.2, 0) is 16.6 Å². The van der Waals surface area contributed by atoms with E-state index in [1.807, 2.05) is 24.4 Å². The molecule has 0 unspecified atom stereocenters. The molecule has 0 saturated carbocycles. The van der Waals surface area contributed by atoms with Crippen LogP contribution in [0.3, 0.4) is 0 Å². The quantitative estimate of drug-likeness (QED) is 0.484. The predicted molar refractivity (Wildman–Crippen MR) is 118 cm³/mol. The Morgan fingerprint density at radius 3 is 2.65 bits per heavy atom. The molecule has 0 aliphatic carbocycles. The summed E-state index contributed by atoms with van der Waals surface area (Å²) in [6, 6.07) is 13.9. The molecule has 0 aliphatic rings. The first-order valence-corrected chi connectivity index (χ1v) is 10.3. The molecule has 1 amide bonds. The van der Waals surface area contributed by atoms with E-state index in [2.05, 4.69) is 15.4 Å². The van der Waals surface area contributed by atoms with Gasteiger partial charge in [-0.05, 0) is 25.1 Å². The molecule has 8 nitrogen and oxygen atoms in total. The van der Waals surface area contributed by atoms with Crippen LogP contribution < -0.4 is 10.9 Å². The molecule has 0 saturated heterocycles. The Bertz CT molecular complexity index is 1360. The molecular weight excluding hydrogens is 416 g/mol. The van der Waals surface area contributed by atoms with Crippen molar-refractivity contribution in [2.24, 2.45) is 7.05 Å². The SMILES string of the molecule is Cc1nc(-c2cccc(NC(=O)COC(=O)c3nn(C)c(=O)c4ccccc34)c2)cs1. The summed E-state index contributed by atoms with van der Waals surface area (Å²) >= 11 is 1.55. The number of hydrogen-bond donors (Lipinski definition) is 1. The molecule has 0 aliphatic heterocycles. The van der Waals surface area contributed by atoms with Gasteiger partial charge in [0.05, 0.1) is 16.1 Å². The van der Waals surface area contributed by atoms with E-state index in [-0.39, 0.29) is 11.3 Å². The van der Waals surface area contributed by atoms with Gasteiger partial charge in [-0.2, -0.15) is 5.10 Å². The molecule has 0 bridgehead atoms. The van der Waals surface area contributed by atoms with Crippen molar-refractivity contribution in [1.82, 2.24) is 14.8 Å². The van der Waals surface area contributed by atoms with Crippen LogP contribution in [0, 0.1) is 6.92 Å². The molecule has 2 aromatic heterocycles. The van der Waals surface area contributed by atoms with Crippen LogP contribution in [0.4, 0.5) is 5.69 Å². The van der Waals surface area contributed by atoms with Crippen LogP contribution in [0.2, 0.25) is 0 Å². The molecule has 0 spiro atoms. The van der Waals surface area contributed by atoms with Crippen molar-refractivity contribution in [2.75, 3.05) is 11.9 Å². The van der Waals surface area contributed by atoms with Gasteiger partial charge in [0.15, 0.2) is 12.3 Å². The molecule has 9 heteroatoms. The number of nitrogens with zero attached hydrogens (tertiary/aromatic N) is 3. The molecule has 0 fully saturated rings. The highest BCUT2D eigenvalue weighted by Crippen LogP contribution is 2.24. The lowest BCUT2D eigenvalue weighted by molar-refractivity contribution is -0.119. The predicted octanol–water partition coefficient (Wildman–Crippen LogP) is 3.16. The third kappa shape index (κ3) is 4.36. The number of aromatic nitrogens is 3. The van der Waals surface area contributed by atoms with Gasteiger partial charge < -0.3 is 10.1 Å². The maximum Gasteiger partial charge on any atom is 0.359 e. The maximum atomic E-state index is 12.5. The van der Waals surface area contributed by atoms with E-state index in [1.165, 1.54) is 7.05 Å². The van der Waals surface area contributed by atoms with Gasteiger partial charge in [-0.3, -0.25) is 9.59 Å². The zero-order valence-electron chi connectivity index (χ0n) is 16.8. The number of rotatable bonds is 5. The summed E-state index contributed by atoms with van der Waals surface area (Å²) in [5, 5.41) is 10.3. The van der Waals surface area contributed by atoms with Crippen LogP contribution in [-0.4, -0.2) is 33.2 Å². The molecule has 1 N–H and O–H groups in total. The number of anilines is 1. The second-order valence-corrected chi connectivity index (χ2v) is 7.84. The minimum Gasteiger partial charge on any atom is -0.451 e. The summed E-state index contributed by atoms with van der Waals surface area (Å²) in [5.41, 5.74) is 1.93. The number of ether oxygens (including phenoxy) is 1. The van der Waals surface area contributed by atoms with Gasteiger partial charge in [0.25, 0.3) is 11.5 Å². The van der Waals surface area contributed by atoms with Gasteiger partial charge in [-0.15, -0.1) is 11.3 Å². The van der Waals surface area contributed by atoms with Crippen molar-refractivity contribution >= 4 is 39.7 Å². The summed E-state index contributed by atoms with van der Waals surface area (Å²) in [6.07, 6.45) is 0. The number of amides is 1. The molecular formula is C22H18N4O4S. The average molecular weight is 434 g/mol. The van der Waals surface area contributed by atoms with Crippen molar-refractivity contribution < 1.29 is 14.3 Å². The Kier molecular flexibility index (Phi) is 5.59. The van der Waals surface area contributed by atoms with Crippen LogP contribution in [0.25, 0.3) is 22.0 Å². The first-order chi connectivity index (χ1) is 14.9. The molecule has 31 heavy (non-hydrogen) atoms. The van der Waals surface area contributed by atoms with E-state index in [4.69, 9.17) is 4.74 Å². The van der Waals surface area contributed by atoms with Gasteiger partial charge in [0.1, 0.15) is 0 Å². The van der Waals surface area contributed by atoms with Gasteiger partial charge in [-0.1, -0.05) is 30.3 Å². The zero-order chi connectivity index (χ0) is 22.0. The molecule has 4 aromatic rings.